The molecule has 0 fully saturated rings. The van der Waals surface area contributed by atoms with Gasteiger partial charge in [0.15, 0.2) is 11.9 Å². The normalized spacial score (nSPS) is 19.9. The fourth-order valence-electron chi connectivity index (χ4n) is 1.73. The minimum atomic E-state index is -1.38. The minimum absolute atomic E-state index is 0.0906. The van der Waals surface area contributed by atoms with Crippen molar-refractivity contribution in [3.05, 3.63) is 44.9 Å². The number of rotatable bonds is 5. The number of aliphatic hydroxyl groups is 3. The summed E-state index contributed by atoms with van der Waals surface area (Å²) in [6.45, 7) is -0.542. The van der Waals surface area contributed by atoms with Gasteiger partial charge in [-0.05, 0) is 40.3 Å². The first-order chi connectivity index (χ1) is 9.52. The van der Waals surface area contributed by atoms with Crippen LogP contribution in [0, 0.1) is 3.57 Å². The lowest BCUT2D eigenvalue weighted by Crippen LogP contribution is -2.31. The molecule has 0 radical (unpaired) electrons. The third-order valence-electron chi connectivity index (χ3n) is 2.73. The quantitative estimate of drug-likeness (QED) is 0.508. The molecule has 0 bridgehead atoms. The number of halogens is 1. The third kappa shape index (κ3) is 3.22. The van der Waals surface area contributed by atoms with Crippen molar-refractivity contribution in [2.24, 2.45) is 0 Å². The summed E-state index contributed by atoms with van der Waals surface area (Å²) < 4.78 is 11.0. The molecule has 7 heteroatoms. The van der Waals surface area contributed by atoms with Crippen LogP contribution in [0.25, 0.3) is 0 Å². The molecule has 0 saturated carbocycles. The Labute approximate surface area is 128 Å². The van der Waals surface area contributed by atoms with Crippen molar-refractivity contribution in [3.8, 4) is 0 Å². The number of carbonyl (C=O) groups is 1. The molecule has 2 rings (SSSR count). The zero-order valence-electron chi connectivity index (χ0n) is 10.3. The predicted octanol–water partition coefficient (Wildman–Crippen LogP) is 0.856. The van der Waals surface area contributed by atoms with E-state index in [0.717, 1.165) is 9.13 Å². The molecule has 0 unspecified atom stereocenters. The van der Waals surface area contributed by atoms with E-state index in [1.165, 1.54) is 0 Å². The highest BCUT2D eigenvalue weighted by atomic mass is 127. The average molecular weight is 392 g/mol. The molecule has 1 aliphatic rings. The highest BCUT2D eigenvalue weighted by Crippen LogP contribution is 2.25. The van der Waals surface area contributed by atoms with Crippen LogP contribution in [0.2, 0.25) is 0 Å². The molecule has 1 aromatic carbocycles. The molecule has 3 N–H and O–H groups in total. The maximum absolute atomic E-state index is 11.5. The molecule has 0 aromatic heterocycles. The molecule has 0 aliphatic carbocycles. The van der Waals surface area contributed by atoms with Gasteiger partial charge in [0.05, 0.1) is 6.61 Å². The maximum atomic E-state index is 11.5. The van der Waals surface area contributed by atoms with Crippen molar-refractivity contribution >= 4 is 28.6 Å². The zero-order valence-corrected chi connectivity index (χ0v) is 12.5. The van der Waals surface area contributed by atoms with E-state index in [2.05, 4.69) is 22.6 Å². The number of hydrogen-bond donors (Lipinski definition) is 3. The number of carbonyl (C=O) groups excluding carboxylic acids is 1. The van der Waals surface area contributed by atoms with Crippen LogP contribution in [-0.4, -0.2) is 40.1 Å². The first kappa shape index (κ1) is 15.1. The van der Waals surface area contributed by atoms with E-state index in [9.17, 15) is 15.0 Å². The average Bonchev–Trinajstić information content (AvgIpc) is 2.71. The van der Waals surface area contributed by atoms with Gasteiger partial charge in [0.25, 0.3) is 0 Å². The van der Waals surface area contributed by atoms with E-state index in [0.29, 0.717) is 0 Å². The van der Waals surface area contributed by atoms with Gasteiger partial charge in [-0.1, -0.05) is 12.1 Å². The lowest BCUT2D eigenvalue weighted by atomic mass is 10.2. The van der Waals surface area contributed by atoms with Gasteiger partial charge in [0.2, 0.25) is 5.76 Å². The summed E-state index contributed by atoms with van der Waals surface area (Å²) in [6.07, 6.45) is -2.66. The summed E-state index contributed by atoms with van der Waals surface area (Å²) in [5, 5.41) is 28.0. The van der Waals surface area contributed by atoms with E-state index in [1.807, 2.05) is 24.3 Å². The van der Waals surface area contributed by atoms with Crippen molar-refractivity contribution in [3.63, 3.8) is 0 Å². The highest BCUT2D eigenvalue weighted by molar-refractivity contribution is 14.1. The molecule has 1 heterocycles. The van der Waals surface area contributed by atoms with Crippen LogP contribution in [0.4, 0.5) is 0 Å². The lowest BCUT2D eigenvalue weighted by molar-refractivity contribution is -0.148. The summed E-state index contributed by atoms with van der Waals surface area (Å²) >= 11 is 2.15. The number of hydrogen-bond acceptors (Lipinski definition) is 6. The topological polar surface area (TPSA) is 96.2 Å². The van der Waals surface area contributed by atoms with E-state index >= 15 is 0 Å². The second-order valence-corrected chi connectivity index (χ2v) is 5.45. The molecule has 6 nitrogen and oxygen atoms in total. The zero-order chi connectivity index (χ0) is 14.7. The van der Waals surface area contributed by atoms with Crippen LogP contribution >= 0.6 is 22.6 Å². The summed E-state index contributed by atoms with van der Waals surface area (Å²) in [5.41, 5.74) is 0.830. The molecule has 0 amide bonds. The van der Waals surface area contributed by atoms with E-state index in [4.69, 9.17) is 14.6 Å². The van der Waals surface area contributed by atoms with Gasteiger partial charge >= 0.3 is 5.97 Å². The number of cyclic esters (lactones) is 1. The van der Waals surface area contributed by atoms with Gasteiger partial charge < -0.3 is 24.8 Å². The molecular weight excluding hydrogens is 379 g/mol. The van der Waals surface area contributed by atoms with Crippen LogP contribution in [-0.2, 0) is 20.9 Å². The number of benzene rings is 1. The van der Waals surface area contributed by atoms with E-state index in [-0.39, 0.29) is 12.4 Å². The van der Waals surface area contributed by atoms with Gasteiger partial charge in [0, 0.05) is 3.57 Å². The second kappa shape index (κ2) is 6.42. The number of esters is 1. The Bertz CT molecular complexity index is 541. The van der Waals surface area contributed by atoms with Crippen LogP contribution in [0.5, 0.6) is 0 Å². The van der Waals surface area contributed by atoms with Crippen LogP contribution in [0.1, 0.15) is 5.56 Å². The fourth-order valence-corrected chi connectivity index (χ4v) is 2.34. The van der Waals surface area contributed by atoms with Gasteiger partial charge in [-0.3, -0.25) is 0 Å². The third-order valence-corrected chi connectivity index (χ3v) is 3.40. The molecule has 1 aliphatic heterocycles. The van der Waals surface area contributed by atoms with Crippen LogP contribution in [0.15, 0.2) is 35.8 Å². The standard InChI is InChI=1S/C13H13IO6/c14-8-3-1-2-7(4-8)6-19-12-10(17)11(9(16)5-15)20-13(12)18/h1-4,9,11,15-17H,5-6H2/t9-,11+/m0/s1. The van der Waals surface area contributed by atoms with Gasteiger partial charge in [-0.2, -0.15) is 0 Å². The largest absolute Gasteiger partial charge is 0.505 e. The number of ether oxygens (including phenoxy) is 2. The molecule has 108 valence electrons. The Kier molecular flexibility index (Phi) is 4.84. The molecule has 1 aromatic rings. The monoisotopic (exact) mass is 392 g/mol. The Hall–Kier alpha value is -1.32. The Morgan fingerprint density at radius 1 is 1.45 bits per heavy atom. The van der Waals surface area contributed by atoms with Crippen molar-refractivity contribution < 1.29 is 29.6 Å². The van der Waals surface area contributed by atoms with Gasteiger partial charge in [-0.15, -0.1) is 0 Å². The minimum Gasteiger partial charge on any atom is -0.505 e. The summed E-state index contributed by atoms with van der Waals surface area (Å²) in [6, 6.07) is 7.46. The first-order valence-corrected chi connectivity index (χ1v) is 6.91. The second-order valence-electron chi connectivity index (χ2n) is 4.21. The molecule has 0 saturated heterocycles. The van der Waals surface area contributed by atoms with Gasteiger partial charge in [0.1, 0.15) is 12.7 Å². The maximum Gasteiger partial charge on any atom is 0.378 e. The van der Waals surface area contributed by atoms with Crippen molar-refractivity contribution in [1.82, 2.24) is 0 Å². The molecule has 20 heavy (non-hydrogen) atoms. The SMILES string of the molecule is O=C1O[C@H]([C@@H](O)CO)C(O)=C1OCc1cccc(I)c1. The van der Waals surface area contributed by atoms with Crippen molar-refractivity contribution in [2.45, 2.75) is 18.8 Å². The van der Waals surface area contributed by atoms with Crippen LogP contribution in [0.3, 0.4) is 0 Å². The van der Waals surface area contributed by atoms with Crippen LogP contribution < -0.4 is 0 Å². The first-order valence-electron chi connectivity index (χ1n) is 5.83. The Balaban J connectivity index is 2.08. The lowest BCUT2D eigenvalue weighted by Gasteiger charge is -2.13. The van der Waals surface area contributed by atoms with E-state index in [1.54, 1.807) is 0 Å². The highest BCUT2D eigenvalue weighted by Gasteiger charge is 2.40. The summed E-state index contributed by atoms with van der Waals surface area (Å²) in [4.78, 5) is 11.5. The van der Waals surface area contributed by atoms with Crippen molar-refractivity contribution in [1.29, 1.82) is 0 Å². The number of aliphatic hydroxyl groups excluding tert-OH is 3. The predicted molar refractivity (Wildman–Crippen MR) is 76.6 cm³/mol. The van der Waals surface area contributed by atoms with Gasteiger partial charge in [-0.25, -0.2) is 4.79 Å². The van der Waals surface area contributed by atoms with Crippen molar-refractivity contribution in [2.75, 3.05) is 6.61 Å². The summed E-state index contributed by atoms with van der Waals surface area (Å²) in [5.74, 6) is -1.69. The smallest absolute Gasteiger partial charge is 0.378 e. The molecule has 2 atom stereocenters. The summed E-state index contributed by atoms with van der Waals surface area (Å²) in [7, 11) is 0. The fraction of sp³-hybridized carbons (Fsp3) is 0.308. The Morgan fingerprint density at radius 2 is 2.20 bits per heavy atom. The Morgan fingerprint density at radius 3 is 2.85 bits per heavy atom. The van der Waals surface area contributed by atoms with E-state index < -0.39 is 30.5 Å². The molecule has 0 spiro atoms. The molecular formula is C13H13IO6.